The van der Waals surface area contributed by atoms with Gasteiger partial charge in [-0.1, -0.05) is 41.9 Å². The number of aryl methyl sites for hydroxylation is 1. The molecule has 22 heavy (non-hydrogen) atoms. The van der Waals surface area contributed by atoms with Gasteiger partial charge >= 0.3 is 0 Å². The smallest absolute Gasteiger partial charge is 0.250 e. The van der Waals surface area contributed by atoms with Crippen LogP contribution in [0, 0.1) is 0 Å². The number of primary amides is 1. The Balaban J connectivity index is 1.59. The molecule has 2 aromatic rings. The maximum absolute atomic E-state index is 11.3. The average Bonchev–Trinajstić information content (AvgIpc) is 2.89. The predicted octanol–water partition coefficient (Wildman–Crippen LogP) is 3.77. The monoisotopic (exact) mass is 315 g/mol. The summed E-state index contributed by atoms with van der Waals surface area (Å²) in [5, 5.41) is 0.358. The highest BCUT2D eigenvalue weighted by atomic mass is 35.5. The van der Waals surface area contributed by atoms with Crippen molar-refractivity contribution in [1.82, 2.24) is 0 Å². The van der Waals surface area contributed by atoms with E-state index in [-0.39, 0.29) is 6.10 Å². The summed E-state index contributed by atoms with van der Waals surface area (Å²) in [5.41, 5.74) is 8.05. The van der Waals surface area contributed by atoms with Crippen molar-refractivity contribution < 1.29 is 9.53 Å². The van der Waals surface area contributed by atoms with Gasteiger partial charge in [-0.15, -0.1) is 0 Å². The molecule has 3 nitrogen and oxygen atoms in total. The van der Waals surface area contributed by atoms with Crippen molar-refractivity contribution in [2.75, 3.05) is 0 Å². The van der Waals surface area contributed by atoms with Crippen molar-refractivity contribution in [1.29, 1.82) is 0 Å². The Bertz CT molecular complexity index is 685. The number of fused-ring (bicyclic) bond motifs is 1. The molecule has 2 N–H and O–H groups in total. The highest BCUT2D eigenvalue weighted by Gasteiger charge is 2.25. The summed E-state index contributed by atoms with van der Waals surface area (Å²) in [6.45, 7) is 0. The minimum absolute atomic E-state index is 0.151. The molecule has 0 bridgehead atoms. The molecule has 4 heteroatoms. The molecule has 1 aliphatic rings. The summed E-state index contributed by atoms with van der Waals surface area (Å²) in [4.78, 5) is 11.3. The molecule has 0 fully saturated rings. The quantitative estimate of drug-likeness (QED) is 0.913. The van der Waals surface area contributed by atoms with Gasteiger partial charge in [-0.25, -0.2) is 0 Å². The van der Waals surface area contributed by atoms with Crippen molar-refractivity contribution in [2.45, 2.75) is 31.8 Å². The second-order valence-corrected chi connectivity index (χ2v) is 6.03. The number of nitrogens with two attached hydrogens (primary N) is 1. The Kier molecular flexibility index (Phi) is 4.34. The lowest BCUT2D eigenvalue weighted by atomic mass is 10.0. The summed E-state index contributed by atoms with van der Waals surface area (Å²) in [6, 6.07) is 13.9. The summed E-state index contributed by atoms with van der Waals surface area (Å²) < 4.78 is 5.92. The number of amides is 1. The van der Waals surface area contributed by atoms with E-state index in [4.69, 9.17) is 22.1 Å². The maximum atomic E-state index is 11.3. The number of hydrogen-bond donors (Lipinski definition) is 1. The van der Waals surface area contributed by atoms with E-state index in [1.54, 1.807) is 12.1 Å². The van der Waals surface area contributed by atoms with Gasteiger partial charge in [0.2, 0.25) is 5.91 Å². The first-order valence-corrected chi connectivity index (χ1v) is 7.84. The first-order valence-electron chi connectivity index (χ1n) is 7.46. The van der Waals surface area contributed by atoms with Gasteiger partial charge < -0.3 is 10.5 Å². The SMILES string of the molecule is NC(=O)c1cc2c(cc1Cl)OC(CCCc1ccccc1)C2. The van der Waals surface area contributed by atoms with Crippen LogP contribution >= 0.6 is 11.6 Å². The average molecular weight is 316 g/mol. The highest BCUT2D eigenvalue weighted by molar-refractivity contribution is 6.34. The van der Waals surface area contributed by atoms with Crippen LogP contribution < -0.4 is 10.5 Å². The van der Waals surface area contributed by atoms with Gasteiger partial charge in [0.1, 0.15) is 11.9 Å². The summed E-state index contributed by atoms with van der Waals surface area (Å²) in [7, 11) is 0. The van der Waals surface area contributed by atoms with Crippen molar-refractivity contribution >= 4 is 17.5 Å². The van der Waals surface area contributed by atoms with Gasteiger partial charge in [0, 0.05) is 6.42 Å². The number of rotatable bonds is 5. The van der Waals surface area contributed by atoms with Gasteiger partial charge in [0.25, 0.3) is 0 Å². The van der Waals surface area contributed by atoms with E-state index in [1.165, 1.54) is 5.56 Å². The zero-order chi connectivity index (χ0) is 15.5. The van der Waals surface area contributed by atoms with Crippen molar-refractivity contribution in [3.05, 3.63) is 64.2 Å². The molecule has 114 valence electrons. The lowest BCUT2D eigenvalue weighted by Crippen LogP contribution is -2.13. The van der Waals surface area contributed by atoms with Crippen LogP contribution in [0.2, 0.25) is 5.02 Å². The summed E-state index contributed by atoms with van der Waals surface area (Å²) >= 11 is 6.05. The number of hydrogen-bond acceptors (Lipinski definition) is 2. The van der Waals surface area contributed by atoms with Gasteiger partial charge in [-0.2, -0.15) is 0 Å². The standard InChI is InChI=1S/C18H18ClNO2/c19-16-11-17-13(10-15(16)18(20)21)9-14(22-17)8-4-7-12-5-2-1-3-6-12/h1-3,5-6,10-11,14H,4,7-9H2,(H2,20,21). The van der Waals surface area contributed by atoms with Gasteiger partial charge in [-0.3, -0.25) is 4.79 Å². The van der Waals surface area contributed by atoms with Crippen LogP contribution in [0.25, 0.3) is 0 Å². The number of carbonyl (C=O) groups is 1. The van der Waals surface area contributed by atoms with E-state index in [1.807, 2.05) is 6.07 Å². The van der Waals surface area contributed by atoms with Crippen LogP contribution in [0.3, 0.4) is 0 Å². The van der Waals surface area contributed by atoms with Gasteiger partial charge in [-0.05, 0) is 42.5 Å². The molecule has 0 spiro atoms. The normalized spacial score (nSPS) is 16.1. The Morgan fingerprint density at radius 1 is 1.27 bits per heavy atom. The van der Waals surface area contributed by atoms with Crippen LogP contribution in [0.5, 0.6) is 5.75 Å². The fourth-order valence-corrected chi connectivity index (χ4v) is 3.11. The number of ether oxygens (including phenoxy) is 1. The molecule has 1 amide bonds. The predicted molar refractivity (Wildman–Crippen MR) is 87.5 cm³/mol. The first-order chi connectivity index (χ1) is 10.6. The molecular formula is C18H18ClNO2. The fourth-order valence-electron chi connectivity index (χ4n) is 2.86. The Hall–Kier alpha value is -2.00. The van der Waals surface area contributed by atoms with E-state index in [2.05, 4.69) is 24.3 Å². The zero-order valence-electron chi connectivity index (χ0n) is 12.2. The molecule has 1 unspecified atom stereocenters. The topological polar surface area (TPSA) is 52.3 Å². The summed E-state index contributed by atoms with van der Waals surface area (Å²) in [6.07, 6.45) is 4.05. The second-order valence-electron chi connectivity index (χ2n) is 5.63. The fraction of sp³-hybridized carbons (Fsp3) is 0.278. The van der Waals surface area contributed by atoms with E-state index in [0.29, 0.717) is 10.6 Å². The molecule has 1 heterocycles. The summed E-state index contributed by atoms with van der Waals surface area (Å²) in [5.74, 6) is 0.278. The zero-order valence-corrected chi connectivity index (χ0v) is 13.0. The molecule has 1 aliphatic heterocycles. The van der Waals surface area contributed by atoms with Crippen LogP contribution in [0.1, 0.15) is 34.3 Å². The van der Waals surface area contributed by atoms with E-state index < -0.39 is 5.91 Å². The lowest BCUT2D eigenvalue weighted by Gasteiger charge is -2.10. The van der Waals surface area contributed by atoms with Gasteiger partial charge in [0.05, 0.1) is 10.6 Å². The highest BCUT2D eigenvalue weighted by Crippen LogP contribution is 2.35. The van der Waals surface area contributed by atoms with Gasteiger partial charge in [0.15, 0.2) is 0 Å². The molecule has 0 saturated heterocycles. The van der Waals surface area contributed by atoms with Crippen LogP contribution in [0.4, 0.5) is 0 Å². The molecule has 2 aromatic carbocycles. The molecule has 0 aromatic heterocycles. The maximum Gasteiger partial charge on any atom is 0.250 e. The Labute approximate surface area is 135 Å². The lowest BCUT2D eigenvalue weighted by molar-refractivity contribution is 0.100. The molecule has 1 atom stereocenters. The largest absolute Gasteiger partial charge is 0.490 e. The minimum atomic E-state index is -0.500. The Morgan fingerprint density at radius 2 is 2.05 bits per heavy atom. The van der Waals surface area contributed by atoms with Crippen LogP contribution in [-0.4, -0.2) is 12.0 Å². The third kappa shape index (κ3) is 3.25. The third-order valence-corrected chi connectivity index (χ3v) is 4.30. The second kappa shape index (κ2) is 6.41. The van der Waals surface area contributed by atoms with Crippen molar-refractivity contribution in [3.63, 3.8) is 0 Å². The molecule has 0 saturated carbocycles. The van der Waals surface area contributed by atoms with E-state index >= 15 is 0 Å². The van der Waals surface area contributed by atoms with Crippen molar-refractivity contribution in [3.8, 4) is 5.75 Å². The molecule has 0 aliphatic carbocycles. The first kappa shape index (κ1) is 14.9. The minimum Gasteiger partial charge on any atom is -0.490 e. The van der Waals surface area contributed by atoms with Crippen molar-refractivity contribution in [2.24, 2.45) is 5.73 Å². The van der Waals surface area contributed by atoms with E-state index in [9.17, 15) is 4.79 Å². The molecule has 0 radical (unpaired) electrons. The number of benzene rings is 2. The third-order valence-electron chi connectivity index (χ3n) is 3.99. The number of carbonyl (C=O) groups excluding carboxylic acids is 1. The van der Waals surface area contributed by atoms with E-state index in [0.717, 1.165) is 37.0 Å². The van der Waals surface area contributed by atoms with Crippen LogP contribution in [0.15, 0.2) is 42.5 Å². The Morgan fingerprint density at radius 3 is 2.77 bits per heavy atom. The number of halogens is 1. The van der Waals surface area contributed by atoms with Crippen LogP contribution in [-0.2, 0) is 12.8 Å². The molecule has 3 rings (SSSR count). The molecular weight excluding hydrogens is 298 g/mol.